The molecule has 1 saturated heterocycles. The van der Waals surface area contributed by atoms with E-state index in [1.165, 1.54) is 24.0 Å². The molecule has 2 atom stereocenters. The van der Waals surface area contributed by atoms with Gasteiger partial charge in [-0.2, -0.15) is 0 Å². The van der Waals surface area contributed by atoms with E-state index >= 15 is 0 Å². The Morgan fingerprint density at radius 2 is 2.16 bits per heavy atom. The van der Waals surface area contributed by atoms with E-state index in [2.05, 4.69) is 60.8 Å². The fourth-order valence-corrected chi connectivity index (χ4v) is 2.60. The third-order valence-electron chi connectivity index (χ3n) is 3.73. The van der Waals surface area contributed by atoms with E-state index in [9.17, 15) is 0 Å². The van der Waals surface area contributed by atoms with Crippen molar-refractivity contribution in [2.45, 2.75) is 19.9 Å². The first-order valence-electron chi connectivity index (χ1n) is 7.05. The molecule has 1 fully saturated rings. The highest BCUT2D eigenvalue weighted by Gasteiger charge is 2.34. The van der Waals surface area contributed by atoms with Gasteiger partial charge in [-0.1, -0.05) is 13.8 Å². The Morgan fingerprint density at radius 3 is 2.95 bits per heavy atom. The van der Waals surface area contributed by atoms with Crippen LogP contribution in [0.2, 0.25) is 0 Å². The Kier molecular flexibility index (Phi) is 3.23. The van der Waals surface area contributed by atoms with Crippen molar-refractivity contribution in [1.29, 1.82) is 0 Å². The third kappa shape index (κ3) is 2.76. The molecule has 0 radical (unpaired) electrons. The van der Waals surface area contributed by atoms with Gasteiger partial charge in [0.2, 0.25) is 0 Å². The molecule has 0 saturated carbocycles. The molecule has 19 heavy (non-hydrogen) atoms. The van der Waals surface area contributed by atoms with Crippen LogP contribution in [0, 0.1) is 5.92 Å². The topological polar surface area (TPSA) is 17.2 Å². The van der Waals surface area contributed by atoms with Crippen LogP contribution in [0.4, 0.5) is 0 Å². The van der Waals surface area contributed by atoms with Crippen molar-refractivity contribution in [3.8, 4) is 5.75 Å². The number of ether oxygens (including phenoxy) is 1. The number of nitrogens with zero attached hydrogens (tertiary/aromatic N) is 2. The summed E-state index contributed by atoms with van der Waals surface area (Å²) in [4.78, 5) is 2.48. The fourth-order valence-electron chi connectivity index (χ4n) is 2.60. The second-order valence-electron chi connectivity index (χ2n) is 5.96. The standard InChI is InChI=1S/C16H22N2O/c1-12(2)9-18-10-14(18)11-19-15-5-4-13-6-7-17(3)16(13)8-15/h4-8,12,14H,9-11H2,1-3H3. The minimum absolute atomic E-state index is 0.617. The Bertz CT molecular complexity index is 573. The molecule has 3 nitrogen and oxygen atoms in total. The average molecular weight is 258 g/mol. The highest BCUT2D eigenvalue weighted by Crippen LogP contribution is 2.24. The molecular weight excluding hydrogens is 236 g/mol. The summed E-state index contributed by atoms with van der Waals surface area (Å²) in [6.45, 7) is 7.71. The third-order valence-corrected chi connectivity index (χ3v) is 3.73. The quantitative estimate of drug-likeness (QED) is 0.767. The Labute approximate surface area is 114 Å². The van der Waals surface area contributed by atoms with Gasteiger partial charge in [0.1, 0.15) is 12.4 Å². The lowest BCUT2D eigenvalue weighted by molar-refractivity contribution is 0.287. The fraction of sp³-hybridized carbons (Fsp3) is 0.500. The van der Waals surface area contributed by atoms with Gasteiger partial charge < -0.3 is 9.30 Å². The van der Waals surface area contributed by atoms with Gasteiger partial charge in [0.25, 0.3) is 0 Å². The molecule has 0 spiro atoms. The largest absolute Gasteiger partial charge is 0.492 e. The summed E-state index contributed by atoms with van der Waals surface area (Å²) in [5.41, 5.74) is 1.23. The molecule has 3 rings (SSSR count). The maximum Gasteiger partial charge on any atom is 0.121 e. The first kappa shape index (κ1) is 12.5. The summed E-state index contributed by atoms with van der Waals surface area (Å²) >= 11 is 0. The summed E-state index contributed by atoms with van der Waals surface area (Å²) in [5, 5.41) is 1.27. The summed E-state index contributed by atoms with van der Waals surface area (Å²) in [6.07, 6.45) is 2.08. The highest BCUT2D eigenvalue weighted by molar-refractivity contribution is 5.81. The number of rotatable bonds is 5. The second kappa shape index (κ2) is 4.89. The maximum atomic E-state index is 5.92. The lowest BCUT2D eigenvalue weighted by Gasteiger charge is -2.09. The Morgan fingerprint density at radius 1 is 1.32 bits per heavy atom. The molecule has 0 bridgehead atoms. The highest BCUT2D eigenvalue weighted by atomic mass is 16.5. The lowest BCUT2D eigenvalue weighted by atomic mass is 10.2. The zero-order valence-corrected chi connectivity index (χ0v) is 12.0. The number of aryl methyl sites for hydroxylation is 1. The van der Waals surface area contributed by atoms with E-state index in [0.29, 0.717) is 6.04 Å². The molecule has 2 unspecified atom stereocenters. The van der Waals surface area contributed by atoms with E-state index in [4.69, 9.17) is 4.74 Å². The molecule has 2 aromatic rings. The number of benzene rings is 1. The zero-order chi connectivity index (χ0) is 13.4. The van der Waals surface area contributed by atoms with Crippen molar-refractivity contribution >= 4 is 10.9 Å². The predicted octanol–water partition coefficient (Wildman–Crippen LogP) is 2.90. The number of fused-ring (bicyclic) bond motifs is 1. The van der Waals surface area contributed by atoms with Crippen molar-refractivity contribution in [2.75, 3.05) is 19.7 Å². The molecule has 1 aliphatic rings. The van der Waals surface area contributed by atoms with Crippen molar-refractivity contribution in [3.05, 3.63) is 30.5 Å². The predicted molar refractivity (Wildman–Crippen MR) is 78.6 cm³/mol. The molecule has 0 N–H and O–H groups in total. The van der Waals surface area contributed by atoms with Crippen LogP contribution >= 0.6 is 0 Å². The summed E-state index contributed by atoms with van der Waals surface area (Å²) in [5.74, 6) is 1.72. The second-order valence-corrected chi connectivity index (χ2v) is 5.96. The molecular formula is C16H22N2O. The summed E-state index contributed by atoms with van der Waals surface area (Å²) < 4.78 is 8.05. The smallest absolute Gasteiger partial charge is 0.121 e. The van der Waals surface area contributed by atoms with Gasteiger partial charge in [0.15, 0.2) is 0 Å². The van der Waals surface area contributed by atoms with E-state index < -0.39 is 0 Å². The SMILES string of the molecule is CC(C)CN1CC1COc1ccc2ccn(C)c2c1. The molecule has 1 aromatic carbocycles. The van der Waals surface area contributed by atoms with Gasteiger partial charge in [-0.15, -0.1) is 0 Å². The molecule has 102 valence electrons. The number of aromatic nitrogens is 1. The summed E-state index contributed by atoms with van der Waals surface area (Å²) in [6, 6.07) is 9.07. The van der Waals surface area contributed by atoms with Gasteiger partial charge in [-0.25, -0.2) is 0 Å². The van der Waals surface area contributed by atoms with E-state index in [1.54, 1.807) is 0 Å². The zero-order valence-electron chi connectivity index (χ0n) is 12.0. The van der Waals surface area contributed by atoms with E-state index in [-0.39, 0.29) is 0 Å². The molecule has 1 aliphatic heterocycles. The number of hydrogen-bond acceptors (Lipinski definition) is 2. The maximum absolute atomic E-state index is 5.92. The number of hydrogen-bond donors (Lipinski definition) is 0. The van der Waals surface area contributed by atoms with Crippen molar-refractivity contribution in [3.63, 3.8) is 0 Å². The lowest BCUT2D eigenvalue weighted by Crippen LogP contribution is -2.14. The first-order chi connectivity index (χ1) is 9.13. The molecule has 0 amide bonds. The van der Waals surface area contributed by atoms with Gasteiger partial charge in [0, 0.05) is 32.4 Å². The van der Waals surface area contributed by atoms with Crippen molar-refractivity contribution in [2.24, 2.45) is 13.0 Å². The van der Waals surface area contributed by atoms with Crippen LogP contribution in [0.25, 0.3) is 10.9 Å². The van der Waals surface area contributed by atoms with Gasteiger partial charge in [0.05, 0.1) is 11.6 Å². The van der Waals surface area contributed by atoms with Gasteiger partial charge >= 0.3 is 0 Å². The van der Waals surface area contributed by atoms with Crippen LogP contribution in [-0.4, -0.2) is 35.2 Å². The van der Waals surface area contributed by atoms with Crippen molar-refractivity contribution in [1.82, 2.24) is 9.47 Å². The average Bonchev–Trinajstić information content (AvgIpc) is 3.00. The van der Waals surface area contributed by atoms with Crippen LogP contribution in [0.5, 0.6) is 5.75 Å². The van der Waals surface area contributed by atoms with Crippen LogP contribution < -0.4 is 4.74 Å². The van der Waals surface area contributed by atoms with Crippen LogP contribution in [0.3, 0.4) is 0 Å². The monoisotopic (exact) mass is 258 g/mol. The van der Waals surface area contributed by atoms with Crippen LogP contribution in [0.1, 0.15) is 13.8 Å². The van der Waals surface area contributed by atoms with Crippen LogP contribution in [-0.2, 0) is 7.05 Å². The van der Waals surface area contributed by atoms with Crippen molar-refractivity contribution < 1.29 is 4.74 Å². The van der Waals surface area contributed by atoms with Gasteiger partial charge in [-0.05, 0) is 29.5 Å². The minimum atomic E-state index is 0.617. The summed E-state index contributed by atoms with van der Waals surface area (Å²) in [7, 11) is 2.07. The first-order valence-corrected chi connectivity index (χ1v) is 7.05. The van der Waals surface area contributed by atoms with E-state index in [1.807, 2.05) is 0 Å². The minimum Gasteiger partial charge on any atom is -0.492 e. The van der Waals surface area contributed by atoms with Gasteiger partial charge in [-0.3, -0.25) is 4.90 Å². The molecule has 2 heterocycles. The van der Waals surface area contributed by atoms with E-state index in [0.717, 1.165) is 18.3 Å². The molecule has 0 aliphatic carbocycles. The molecule has 3 heteroatoms. The van der Waals surface area contributed by atoms with Crippen LogP contribution in [0.15, 0.2) is 30.5 Å². The Balaban J connectivity index is 1.59. The molecule has 1 aromatic heterocycles. The normalized spacial score (nSPS) is 22.1. The Hall–Kier alpha value is -1.48.